The van der Waals surface area contributed by atoms with Gasteiger partial charge in [-0.3, -0.25) is 0 Å². The van der Waals surface area contributed by atoms with Crippen molar-refractivity contribution >= 4 is 49.4 Å². The predicted molar refractivity (Wildman–Crippen MR) is 248 cm³/mol. The molecule has 0 N–H and O–H groups in total. The van der Waals surface area contributed by atoms with E-state index in [1.54, 1.807) is 0 Å². The van der Waals surface area contributed by atoms with Gasteiger partial charge in [-0.05, 0) is 119 Å². The van der Waals surface area contributed by atoms with E-state index < -0.39 is 0 Å². The van der Waals surface area contributed by atoms with Gasteiger partial charge in [0.05, 0.1) is 5.69 Å². The molecule has 10 aromatic rings. The second-order valence-electron chi connectivity index (χ2n) is 16.1. The molecule has 1 aliphatic rings. The monoisotopic (exact) mass is 739 g/mol. The van der Waals surface area contributed by atoms with E-state index in [9.17, 15) is 0 Å². The van der Waals surface area contributed by atoms with Gasteiger partial charge in [-0.15, -0.1) is 0 Å². The van der Waals surface area contributed by atoms with E-state index in [1.165, 1.54) is 88.0 Å². The minimum absolute atomic E-state index is 0.145. The highest BCUT2D eigenvalue weighted by atomic mass is 15.1. The number of rotatable bonds is 6. The molecule has 10 aromatic carbocycles. The average molecular weight is 740 g/mol. The van der Waals surface area contributed by atoms with Crippen LogP contribution in [0, 0.1) is 0 Å². The van der Waals surface area contributed by atoms with Crippen molar-refractivity contribution in [2.24, 2.45) is 0 Å². The largest absolute Gasteiger partial charge is 0.310 e. The highest BCUT2D eigenvalue weighted by Crippen LogP contribution is 2.54. The first-order chi connectivity index (χ1) is 28.5. The molecular formula is C57H41N. The van der Waals surface area contributed by atoms with Crippen LogP contribution in [0.3, 0.4) is 0 Å². The summed E-state index contributed by atoms with van der Waals surface area (Å²) in [6.45, 7) is 4.75. The molecule has 274 valence electrons. The van der Waals surface area contributed by atoms with Crippen molar-refractivity contribution < 1.29 is 0 Å². The Hall–Kier alpha value is -7.22. The molecule has 0 atom stereocenters. The summed E-state index contributed by atoms with van der Waals surface area (Å²) in [5.41, 5.74) is 16.0. The summed E-state index contributed by atoms with van der Waals surface area (Å²) in [5, 5.41) is 7.60. The van der Waals surface area contributed by atoms with Gasteiger partial charge in [0.15, 0.2) is 0 Å². The van der Waals surface area contributed by atoms with Crippen LogP contribution in [0.25, 0.3) is 76.8 Å². The lowest BCUT2D eigenvalue weighted by molar-refractivity contribution is 0.662. The molecular weight excluding hydrogens is 699 g/mol. The molecule has 0 radical (unpaired) electrons. The normalized spacial score (nSPS) is 12.8. The Morgan fingerprint density at radius 3 is 1.66 bits per heavy atom. The number of nitrogens with zero attached hydrogens (tertiary/aromatic N) is 1. The highest BCUT2D eigenvalue weighted by molar-refractivity contribution is 6.12. The second kappa shape index (κ2) is 13.5. The summed E-state index contributed by atoms with van der Waals surface area (Å²) in [4.78, 5) is 2.44. The smallest absolute Gasteiger partial charge is 0.0540 e. The summed E-state index contributed by atoms with van der Waals surface area (Å²) in [6, 6.07) is 78.2. The third kappa shape index (κ3) is 5.46. The van der Waals surface area contributed by atoms with Crippen molar-refractivity contribution in [3.63, 3.8) is 0 Å². The quantitative estimate of drug-likeness (QED) is 0.154. The van der Waals surface area contributed by atoms with Gasteiger partial charge in [-0.1, -0.05) is 190 Å². The summed E-state index contributed by atoms with van der Waals surface area (Å²) in [5.74, 6) is 0. The van der Waals surface area contributed by atoms with Gasteiger partial charge in [0.1, 0.15) is 0 Å². The zero-order valence-electron chi connectivity index (χ0n) is 32.7. The molecule has 1 aliphatic carbocycles. The predicted octanol–water partition coefficient (Wildman–Crippen LogP) is 15.9. The molecule has 0 amide bonds. The molecule has 0 spiro atoms. The number of anilines is 3. The SMILES string of the molecule is CC1(C)c2ccccc2-c2cccc(-c3ccccc3N(c3ccc(-c4ccc5ccccc5c4)cc3)c3ccc(-c4cccc5c4ccc4ccccc45)cc3)c21. The van der Waals surface area contributed by atoms with Crippen molar-refractivity contribution in [2.45, 2.75) is 19.3 Å². The number of benzene rings is 10. The van der Waals surface area contributed by atoms with Crippen molar-refractivity contribution in [1.29, 1.82) is 0 Å². The minimum Gasteiger partial charge on any atom is -0.310 e. The van der Waals surface area contributed by atoms with E-state index in [-0.39, 0.29) is 5.41 Å². The van der Waals surface area contributed by atoms with Crippen LogP contribution in [0.15, 0.2) is 212 Å². The number of hydrogen-bond acceptors (Lipinski definition) is 1. The fourth-order valence-corrected chi connectivity index (χ4v) is 9.65. The number of fused-ring (bicyclic) bond motifs is 7. The van der Waals surface area contributed by atoms with Gasteiger partial charge < -0.3 is 4.90 Å². The van der Waals surface area contributed by atoms with E-state index in [4.69, 9.17) is 0 Å². The van der Waals surface area contributed by atoms with E-state index in [2.05, 4.69) is 231 Å². The minimum atomic E-state index is -0.145. The number of hydrogen-bond donors (Lipinski definition) is 0. The lowest BCUT2D eigenvalue weighted by Gasteiger charge is -2.30. The Morgan fingerprint density at radius 1 is 0.328 bits per heavy atom. The van der Waals surface area contributed by atoms with Crippen molar-refractivity contribution in [2.75, 3.05) is 4.90 Å². The molecule has 0 saturated carbocycles. The van der Waals surface area contributed by atoms with Gasteiger partial charge in [-0.2, -0.15) is 0 Å². The first-order valence-electron chi connectivity index (χ1n) is 20.3. The molecule has 1 nitrogen and oxygen atoms in total. The molecule has 0 aromatic heterocycles. The summed E-state index contributed by atoms with van der Waals surface area (Å²) >= 11 is 0. The van der Waals surface area contributed by atoms with Crippen LogP contribution in [-0.4, -0.2) is 0 Å². The maximum absolute atomic E-state index is 2.44. The van der Waals surface area contributed by atoms with Gasteiger partial charge in [-0.25, -0.2) is 0 Å². The molecule has 0 aliphatic heterocycles. The summed E-state index contributed by atoms with van der Waals surface area (Å²) < 4.78 is 0. The third-order valence-electron chi connectivity index (χ3n) is 12.4. The van der Waals surface area contributed by atoms with Crippen LogP contribution in [0.1, 0.15) is 25.0 Å². The van der Waals surface area contributed by atoms with Gasteiger partial charge in [0, 0.05) is 22.4 Å². The molecule has 11 rings (SSSR count). The fraction of sp³-hybridized carbons (Fsp3) is 0.0526. The van der Waals surface area contributed by atoms with Crippen LogP contribution < -0.4 is 4.90 Å². The highest BCUT2D eigenvalue weighted by Gasteiger charge is 2.37. The molecule has 0 unspecified atom stereocenters. The fourth-order valence-electron chi connectivity index (χ4n) is 9.65. The van der Waals surface area contributed by atoms with Crippen LogP contribution in [-0.2, 0) is 5.41 Å². The Kier molecular flexibility index (Phi) is 7.91. The van der Waals surface area contributed by atoms with Gasteiger partial charge in [0.2, 0.25) is 0 Å². The van der Waals surface area contributed by atoms with Crippen LogP contribution in [0.4, 0.5) is 17.1 Å². The summed E-state index contributed by atoms with van der Waals surface area (Å²) in [7, 11) is 0. The lowest BCUT2D eigenvalue weighted by atomic mass is 9.78. The molecule has 0 heterocycles. The van der Waals surface area contributed by atoms with Crippen molar-refractivity contribution in [1.82, 2.24) is 0 Å². The maximum Gasteiger partial charge on any atom is 0.0540 e. The Balaban J connectivity index is 1.06. The van der Waals surface area contributed by atoms with Crippen LogP contribution in [0.2, 0.25) is 0 Å². The van der Waals surface area contributed by atoms with Crippen molar-refractivity contribution in [3.05, 3.63) is 223 Å². The molecule has 58 heavy (non-hydrogen) atoms. The van der Waals surface area contributed by atoms with Crippen LogP contribution in [0.5, 0.6) is 0 Å². The standard InChI is InChI=1S/C57H41N/c1-57(2)54-23-9-7-17-50(54)52-21-12-22-53(56(52)57)51-18-8-10-24-55(51)58(44-32-27-39(28-33-44)43-26-25-38-13-3-4-15-42(38)37-43)45-34-29-41(30-35-45)47-19-11-20-48-46-16-6-5-14-40(46)31-36-49(47)48/h3-37H,1-2H3. The van der Waals surface area contributed by atoms with Gasteiger partial charge >= 0.3 is 0 Å². The van der Waals surface area contributed by atoms with Gasteiger partial charge in [0.25, 0.3) is 0 Å². The molecule has 0 fully saturated rings. The van der Waals surface area contributed by atoms with Crippen molar-refractivity contribution in [3.8, 4) is 44.5 Å². The van der Waals surface area contributed by atoms with E-state index in [0.717, 1.165) is 17.1 Å². The Labute approximate surface area is 340 Å². The Bertz CT molecular complexity index is 3190. The second-order valence-corrected chi connectivity index (χ2v) is 16.1. The molecule has 0 saturated heterocycles. The first kappa shape index (κ1) is 34.1. The van der Waals surface area contributed by atoms with E-state index >= 15 is 0 Å². The molecule has 0 bridgehead atoms. The lowest BCUT2D eigenvalue weighted by Crippen LogP contribution is -2.17. The Morgan fingerprint density at radius 2 is 0.862 bits per heavy atom. The third-order valence-corrected chi connectivity index (χ3v) is 12.4. The first-order valence-corrected chi connectivity index (χ1v) is 20.3. The van der Waals surface area contributed by atoms with E-state index in [1.807, 2.05) is 0 Å². The zero-order chi connectivity index (χ0) is 38.8. The average Bonchev–Trinajstić information content (AvgIpc) is 3.52. The number of para-hydroxylation sites is 1. The topological polar surface area (TPSA) is 3.24 Å². The maximum atomic E-state index is 2.44. The van der Waals surface area contributed by atoms with Crippen LogP contribution >= 0.6 is 0 Å². The molecule has 1 heteroatoms. The summed E-state index contributed by atoms with van der Waals surface area (Å²) in [6.07, 6.45) is 0. The van der Waals surface area contributed by atoms with E-state index in [0.29, 0.717) is 0 Å². The zero-order valence-corrected chi connectivity index (χ0v) is 32.7.